The molecular formula is C21H25NO4. The molecule has 0 heterocycles. The third-order valence-electron chi connectivity index (χ3n) is 4.38. The third-order valence-corrected chi connectivity index (χ3v) is 4.38. The standard InChI is InChI=1S/C21H25NO4/c1-5-15-6-8-16(9-7-15)18(23)11-13-21(24)22(2)17-10-12-19(25-3)20(14-17)26-4/h6-10,12,14H,5,11,13H2,1-4H3. The number of carbonyl (C=O) groups is 2. The second kappa shape index (κ2) is 9.04. The van der Waals surface area contributed by atoms with E-state index in [1.807, 2.05) is 24.3 Å². The van der Waals surface area contributed by atoms with Crippen molar-refractivity contribution in [1.29, 1.82) is 0 Å². The topological polar surface area (TPSA) is 55.8 Å². The Hall–Kier alpha value is -2.82. The van der Waals surface area contributed by atoms with E-state index in [-0.39, 0.29) is 24.5 Å². The van der Waals surface area contributed by atoms with Crippen molar-refractivity contribution in [3.8, 4) is 11.5 Å². The summed E-state index contributed by atoms with van der Waals surface area (Å²) in [6, 6.07) is 12.8. The van der Waals surface area contributed by atoms with E-state index in [0.717, 1.165) is 6.42 Å². The van der Waals surface area contributed by atoms with Crippen molar-refractivity contribution in [1.82, 2.24) is 0 Å². The molecule has 0 bridgehead atoms. The Kier molecular flexibility index (Phi) is 6.78. The lowest BCUT2D eigenvalue weighted by molar-refractivity contribution is -0.118. The van der Waals surface area contributed by atoms with Crippen LogP contribution in [0.2, 0.25) is 0 Å². The van der Waals surface area contributed by atoms with Gasteiger partial charge in [0.25, 0.3) is 0 Å². The number of ketones is 1. The van der Waals surface area contributed by atoms with Gasteiger partial charge in [-0.15, -0.1) is 0 Å². The fraction of sp³-hybridized carbons (Fsp3) is 0.333. The molecule has 1 amide bonds. The predicted octanol–water partition coefficient (Wildman–Crippen LogP) is 3.89. The molecule has 26 heavy (non-hydrogen) atoms. The van der Waals surface area contributed by atoms with Gasteiger partial charge in [-0.3, -0.25) is 9.59 Å². The van der Waals surface area contributed by atoms with Crippen LogP contribution in [0.3, 0.4) is 0 Å². The fourth-order valence-electron chi connectivity index (χ4n) is 2.64. The van der Waals surface area contributed by atoms with E-state index in [1.54, 1.807) is 39.5 Å². The van der Waals surface area contributed by atoms with Crippen molar-refractivity contribution < 1.29 is 19.1 Å². The largest absolute Gasteiger partial charge is 0.493 e. The molecule has 0 spiro atoms. The van der Waals surface area contributed by atoms with Crippen LogP contribution < -0.4 is 14.4 Å². The van der Waals surface area contributed by atoms with Crippen LogP contribution in [0.4, 0.5) is 5.69 Å². The van der Waals surface area contributed by atoms with Crippen molar-refractivity contribution in [3.63, 3.8) is 0 Å². The van der Waals surface area contributed by atoms with Crippen LogP contribution in [0.1, 0.15) is 35.7 Å². The maximum absolute atomic E-state index is 12.4. The van der Waals surface area contributed by atoms with Crippen molar-refractivity contribution in [2.24, 2.45) is 0 Å². The van der Waals surface area contributed by atoms with Crippen LogP contribution in [0.5, 0.6) is 11.5 Å². The molecule has 2 aromatic rings. The highest BCUT2D eigenvalue weighted by Crippen LogP contribution is 2.31. The number of hydrogen-bond acceptors (Lipinski definition) is 4. The van der Waals surface area contributed by atoms with Crippen molar-refractivity contribution >= 4 is 17.4 Å². The fourth-order valence-corrected chi connectivity index (χ4v) is 2.64. The number of Topliss-reactive ketones (excluding diaryl/α,β-unsaturated/α-hetero) is 1. The summed E-state index contributed by atoms with van der Waals surface area (Å²) >= 11 is 0. The molecule has 5 nitrogen and oxygen atoms in total. The average molecular weight is 355 g/mol. The minimum Gasteiger partial charge on any atom is -0.493 e. The zero-order valence-electron chi connectivity index (χ0n) is 15.7. The van der Waals surface area contributed by atoms with E-state index in [1.165, 1.54) is 10.5 Å². The maximum atomic E-state index is 12.4. The maximum Gasteiger partial charge on any atom is 0.227 e. The number of anilines is 1. The number of amides is 1. The van der Waals surface area contributed by atoms with Gasteiger partial charge in [0.05, 0.1) is 14.2 Å². The number of rotatable bonds is 8. The lowest BCUT2D eigenvalue weighted by Gasteiger charge is -2.19. The summed E-state index contributed by atoms with van der Waals surface area (Å²) in [6.07, 6.45) is 1.27. The van der Waals surface area contributed by atoms with E-state index in [2.05, 4.69) is 6.92 Å². The van der Waals surface area contributed by atoms with E-state index >= 15 is 0 Å². The van der Waals surface area contributed by atoms with Crippen molar-refractivity contribution in [3.05, 3.63) is 53.6 Å². The first-order valence-corrected chi connectivity index (χ1v) is 8.60. The molecular weight excluding hydrogens is 330 g/mol. The van der Waals surface area contributed by atoms with E-state index in [9.17, 15) is 9.59 Å². The molecule has 2 aromatic carbocycles. The SMILES string of the molecule is CCc1ccc(C(=O)CCC(=O)N(C)c2ccc(OC)c(OC)c2)cc1. The van der Waals surface area contributed by atoms with E-state index < -0.39 is 0 Å². The zero-order valence-corrected chi connectivity index (χ0v) is 15.7. The second-order valence-electron chi connectivity index (χ2n) is 5.97. The number of benzene rings is 2. The van der Waals surface area contributed by atoms with Gasteiger partial charge < -0.3 is 14.4 Å². The molecule has 0 aromatic heterocycles. The van der Waals surface area contributed by atoms with Gasteiger partial charge in [0.15, 0.2) is 17.3 Å². The first-order valence-electron chi connectivity index (χ1n) is 8.60. The summed E-state index contributed by atoms with van der Waals surface area (Å²) in [5.41, 5.74) is 2.52. The number of nitrogens with zero attached hydrogens (tertiary/aromatic N) is 1. The summed E-state index contributed by atoms with van der Waals surface area (Å²) in [7, 11) is 4.79. The number of methoxy groups -OCH3 is 2. The van der Waals surface area contributed by atoms with E-state index in [4.69, 9.17) is 9.47 Å². The zero-order chi connectivity index (χ0) is 19.1. The van der Waals surface area contributed by atoms with Gasteiger partial charge in [-0.25, -0.2) is 0 Å². The Balaban J connectivity index is 1.99. The quantitative estimate of drug-likeness (QED) is 0.674. The Morgan fingerprint density at radius 2 is 1.58 bits per heavy atom. The highest BCUT2D eigenvalue weighted by atomic mass is 16.5. The Morgan fingerprint density at radius 1 is 0.923 bits per heavy atom. The summed E-state index contributed by atoms with van der Waals surface area (Å²) in [4.78, 5) is 26.2. The van der Waals surface area contributed by atoms with Gasteiger partial charge in [-0.2, -0.15) is 0 Å². The van der Waals surface area contributed by atoms with Gasteiger partial charge in [0.1, 0.15) is 0 Å². The Bertz CT molecular complexity index is 768. The van der Waals surface area contributed by atoms with Crippen LogP contribution in [0.25, 0.3) is 0 Å². The summed E-state index contributed by atoms with van der Waals surface area (Å²) < 4.78 is 10.5. The first kappa shape index (κ1) is 19.5. The number of ether oxygens (including phenoxy) is 2. The molecule has 0 aliphatic rings. The molecule has 0 N–H and O–H groups in total. The highest BCUT2D eigenvalue weighted by molar-refractivity contribution is 6.00. The molecule has 0 atom stereocenters. The summed E-state index contributed by atoms with van der Waals surface area (Å²) in [5.74, 6) is 0.997. The average Bonchev–Trinajstić information content (AvgIpc) is 2.70. The van der Waals surface area contributed by atoms with Crippen molar-refractivity contribution in [2.45, 2.75) is 26.2 Å². The van der Waals surface area contributed by atoms with Gasteiger partial charge in [-0.05, 0) is 24.1 Å². The molecule has 2 rings (SSSR count). The lowest BCUT2D eigenvalue weighted by atomic mass is 10.0. The number of carbonyl (C=O) groups excluding carboxylic acids is 2. The highest BCUT2D eigenvalue weighted by Gasteiger charge is 2.16. The van der Waals surface area contributed by atoms with Gasteiger partial charge >= 0.3 is 0 Å². The monoisotopic (exact) mass is 355 g/mol. The molecule has 0 aliphatic carbocycles. The van der Waals surface area contributed by atoms with Gasteiger partial charge in [0.2, 0.25) is 5.91 Å². The Morgan fingerprint density at radius 3 is 2.15 bits per heavy atom. The molecule has 5 heteroatoms. The summed E-state index contributed by atoms with van der Waals surface area (Å²) in [5, 5.41) is 0. The first-order chi connectivity index (χ1) is 12.5. The lowest BCUT2D eigenvalue weighted by Crippen LogP contribution is -2.26. The Labute approximate surface area is 154 Å². The van der Waals surface area contributed by atoms with Crippen LogP contribution in [-0.4, -0.2) is 33.0 Å². The van der Waals surface area contributed by atoms with Crippen LogP contribution in [0.15, 0.2) is 42.5 Å². The number of hydrogen-bond donors (Lipinski definition) is 0. The van der Waals surface area contributed by atoms with Crippen molar-refractivity contribution in [2.75, 3.05) is 26.2 Å². The van der Waals surface area contributed by atoms with E-state index in [0.29, 0.717) is 22.7 Å². The van der Waals surface area contributed by atoms with Gasteiger partial charge in [-0.1, -0.05) is 31.2 Å². The third kappa shape index (κ3) is 4.63. The molecule has 138 valence electrons. The molecule has 0 saturated heterocycles. The molecule has 0 radical (unpaired) electrons. The molecule has 0 unspecified atom stereocenters. The minimum absolute atomic E-state index is 0.0262. The van der Waals surface area contributed by atoms with Crippen LogP contribution in [-0.2, 0) is 11.2 Å². The predicted molar refractivity (Wildman–Crippen MR) is 102 cm³/mol. The minimum atomic E-state index is -0.129. The van der Waals surface area contributed by atoms with Crippen LogP contribution >= 0.6 is 0 Å². The number of aryl methyl sites for hydroxylation is 1. The summed E-state index contributed by atoms with van der Waals surface area (Å²) in [6.45, 7) is 2.07. The molecule has 0 saturated carbocycles. The normalized spacial score (nSPS) is 10.3. The molecule has 0 fully saturated rings. The smallest absolute Gasteiger partial charge is 0.227 e. The van der Waals surface area contributed by atoms with Crippen LogP contribution in [0, 0.1) is 0 Å². The second-order valence-corrected chi connectivity index (χ2v) is 5.97. The van der Waals surface area contributed by atoms with Gasteiger partial charge in [0, 0.05) is 37.2 Å². The molecule has 0 aliphatic heterocycles.